The summed E-state index contributed by atoms with van der Waals surface area (Å²) in [5.41, 5.74) is 0.496. The summed E-state index contributed by atoms with van der Waals surface area (Å²) in [4.78, 5) is 39.4. The Morgan fingerprint density at radius 1 is 1.22 bits per heavy atom. The Hall–Kier alpha value is -3.09. The molecule has 2 N–H and O–H groups in total. The second-order valence-electron chi connectivity index (χ2n) is 6.60. The molecule has 1 unspecified atom stereocenters. The van der Waals surface area contributed by atoms with Gasteiger partial charge >= 0.3 is 0 Å². The van der Waals surface area contributed by atoms with Gasteiger partial charge in [-0.2, -0.15) is 0 Å². The number of amides is 1. The lowest BCUT2D eigenvalue weighted by Crippen LogP contribution is -2.34. The number of hydrogen-bond donors (Lipinski definition) is 2. The molecule has 1 aliphatic rings. The van der Waals surface area contributed by atoms with E-state index in [4.69, 9.17) is 9.47 Å². The number of nitrogens with one attached hydrogen (secondary N) is 2. The molecule has 1 aliphatic carbocycles. The van der Waals surface area contributed by atoms with Gasteiger partial charge in [0.15, 0.2) is 17.3 Å². The van der Waals surface area contributed by atoms with E-state index in [2.05, 4.69) is 10.3 Å². The molecule has 0 saturated carbocycles. The van der Waals surface area contributed by atoms with Gasteiger partial charge in [0.2, 0.25) is 0 Å². The van der Waals surface area contributed by atoms with E-state index < -0.39 is 11.5 Å². The van der Waals surface area contributed by atoms with E-state index in [9.17, 15) is 14.4 Å². The van der Waals surface area contributed by atoms with E-state index in [0.29, 0.717) is 35.6 Å². The van der Waals surface area contributed by atoms with Crippen LogP contribution < -0.4 is 20.3 Å². The molecule has 0 fully saturated rings. The number of fused-ring (bicyclic) bond motifs is 1. The van der Waals surface area contributed by atoms with E-state index in [1.54, 1.807) is 19.2 Å². The molecule has 0 saturated heterocycles. The van der Waals surface area contributed by atoms with Gasteiger partial charge in [-0.1, -0.05) is 19.1 Å². The number of ketones is 1. The summed E-state index contributed by atoms with van der Waals surface area (Å²) in [7, 11) is 1.55. The maximum absolute atomic E-state index is 12.3. The van der Waals surface area contributed by atoms with Crippen molar-refractivity contribution in [3.05, 3.63) is 57.5 Å². The fourth-order valence-electron chi connectivity index (χ4n) is 3.15. The smallest absolute Gasteiger partial charge is 0.261 e. The van der Waals surface area contributed by atoms with Crippen LogP contribution in [0.15, 0.2) is 35.1 Å². The minimum atomic E-state index is -0.533. The van der Waals surface area contributed by atoms with Crippen molar-refractivity contribution in [2.45, 2.75) is 19.8 Å². The van der Waals surface area contributed by atoms with Gasteiger partial charge in [0.1, 0.15) is 12.2 Å². The molecule has 1 aromatic heterocycles. The van der Waals surface area contributed by atoms with Gasteiger partial charge in [-0.15, -0.1) is 0 Å². The quantitative estimate of drug-likeness (QED) is 0.758. The van der Waals surface area contributed by atoms with Gasteiger partial charge in [-0.3, -0.25) is 14.4 Å². The van der Waals surface area contributed by atoms with Crippen LogP contribution >= 0.6 is 0 Å². The monoisotopic (exact) mass is 370 g/mol. The first-order valence-corrected chi connectivity index (χ1v) is 8.83. The van der Waals surface area contributed by atoms with Crippen LogP contribution in [0.5, 0.6) is 11.5 Å². The first kappa shape index (κ1) is 18.7. The number of benzene rings is 1. The number of Topliss-reactive ketones (excluding diaryl/α,β-unsaturated/α-hetero) is 1. The highest BCUT2D eigenvalue weighted by Gasteiger charge is 2.25. The maximum Gasteiger partial charge on any atom is 0.261 e. The molecule has 1 amide bonds. The fourth-order valence-corrected chi connectivity index (χ4v) is 3.15. The highest BCUT2D eigenvalue weighted by atomic mass is 16.5. The van der Waals surface area contributed by atoms with Crippen molar-refractivity contribution in [2.24, 2.45) is 5.92 Å². The average Bonchev–Trinajstić information content (AvgIpc) is 2.64. The van der Waals surface area contributed by atoms with Crippen LogP contribution in [0.25, 0.3) is 0 Å². The molecule has 0 aliphatic heterocycles. The van der Waals surface area contributed by atoms with Crippen molar-refractivity contribution >= 4 is 11.7 Å². The van der Waals surface area contributed by atoms with E-state index >= 15 is 0 Å². The van der Waals surface area contributed by atoms with Crippen LogP contribution in [0.4, 0.5) is 0 Å². The molecule has 7 nitrogen and oxygen atoms in total. The van der Waals surface area contributed by atoms with Crippen LogP contribution in [0.2, 0.25) is 0 Å². The van der Waals surface area contributed by atoms with Crippen LogP contribution in [-0.2, 0) is 6.42 Å². The van der Waals surface area contributed by atoms with Gasteiger partial charge in [0.25, 0.3) is 11.5 Å². The molecule has 1 aromatic carbocycles. The number of carbonyl (C=O) groups excluding carboxylic acids is 2. The molecule has 142 valence electrons. The zero-order valence-corrected chi connectivity index (χ0v) is 15.3. The summed E-state index contributed by atoms with van der Waals surface area (Å²) in [5, 5.41) is 2.64. The Kier molecular flexibility index (Phi) is 5.59. The van der Waals surface area contributed by atoms with Crippen LogP contribution in [0.3, 0.4) is 0 Å². The van der Waals surface area contributed by atoms with Crippen molar-refractivity contribution in [2.75, 3.05) is 20.3 Å². The zero-order chi connectivity index (χ0) is 19.4. The lowest BCUT2D eigenvalue weighted by atomic mass is 9.86. The summed E-state index contributed by atoms with van der Waals surface area (Å²) in [5.74, 6) is 0.776. The number of methoxy groups -OCH3 is 1. The molecule has 2 aromatic rings. The molecular weight excluding hydrogens is 348 g/mol. The third-order valence-corrected chi connectivity index (χ3v) is 4.47. The van der Waals surface area contributed by atoms with Crippen LogP contribution in [0.1, 0.15) is 39.8 Å². The summed E-state index contributed by atoms with van der Waals surface area (Å²) in [6, 6.07) is 8.59. The van der Waals surface area contributed by atoms with Gasteiger partial charge in [-0.25, -0.2) is 0 Å². The van der Waals surface area contributed by atoms with Crippen LogP contribution in [-0.4, -0.2) is 36.9 Å². The number of aromatic nitrogens is 1. The number of carbonyl (C=O) groups is 2. The molecular formula is C20H22N2O5. The third-order valence-electron chi connectivity index (χ3n) is 4.47. The molecule has 0 spiro atoms. The Morgan fingerprint density at radius 3 is 2.70 bits per heavy atom. The Labute approximate surface area is 156 Å². The van der Waals surface area contributed by atoms with E-state index in [-0.39, 0.29) is 30.4 Å². The second-order valence-corrected chi connectivity index (χ2v) is 6.60. The first-order chi connectivity index (χ1) is 13.0. The van der Waals surface area contributed by atoms with Gasteiger partial charge in [0.05, 0.1) is 13.7 Å². The SMILES string of the molecule is COc1ccccc1OCCNC(=O)c1cc2c([nH]c1=O)CC(C)CC2=O. The standard InChI is InChI=1S/C20H22N2O5/c1-12-9-15-13(16(23)10-12)11-14(20(25)22-15)19(24)21-7-8-27-18-6-4-3-5-17(18)26-2/h3-6,11-12H,7-10H2,1-2H3,(H,21,24)(H,22,25). The van der Waals surface area contributed by atoms with Crippen molar-refractivity contribution in [1.29, 1.82) is 0 Å². The Morgan fingerprint density at radius 2 is 1.96 bits per heavy atom. The minimum Gasteiger partial charge on any atom is -0.493 e. The molecule has 1 atom stereocenters. The fraction of sp³-hybridized carbons (Fsp3) is 0.350. The Bertz CT molecular complexity index is 919. The predicted octanol–water partition coefficient (Wildman–Crippen LogP) is 1.96. The second kappa shape index (κ2) is 8.07. The molecule has 0 bridgehead atoms. The summed E-state index contributed by atoms with van der Waals surface area (Å²) < 4.78 is 10.8. The van der Waals surface area contributed by atoms with E-state index in [1.807, 2.05) is 19.1 Å². The van der Waals surface area contributed by atoms with Gasteiger partial charge < -0.3 is 19.8 Å². The van der Waals surface area contributed by atoms with Gasteiger partial charge in [-0.05, 0) is 30.5 Å². The summed E-state index contributed by atoms with van der Waals surface area (Å²) >= 11 is 0. The normalized spacial score (nSPS) is 15.8. The summed E-state index contributed by atoms with van der Waals surface area (Å²) in [6.45, 7) is 2.38. The number of para-hydroxylation sites is 2. The number of rotatable bonds is 6. The molecule has 7 heteroatoms. The van der Waals surface area contributed by atoms with E-state index in [1.165, 1.54) is 6.07 Å². The number of ether oxygens (including phenoxy) is 2. The van der Waals surface area contributed by atoms with Crippen molar-refractivity contribution in [3.8, 4) is 11.5 Å². The minimum absolute atomic E-state index is 0.0476. The number of aromatic amines is 1. The molecule has 3 rings (SSSR count). The van der Waals surface area contributed by atoms with Crippen LogP contribution in [0, 0.1) is 5.92 Å². The number of pyridine rings is 1. The number of H-pyrrole nitrogens is 1. The highest BCUT2D eigenvalue weighted by molar-refractivity contribution is 6.01. The molecule has 1 heterocycles. The van der Waals surface area contributed by atoms with Crippen molar-refractivity contribution in [1.82, 2.24) is 10.3 Å². The average molecular weight is 370 g/mol. The molecule has 27 heavy (non-hydrogen) atoms. The topological polar surface area (TPSA) is 97.5 Å². The lowest BCUT2D eigenvalue weighted by Gasteiger charge is -2.20. The highest BCUT2D eigenvalue weighted by Crippen LogP contribution is 2.25. The number of hydrogen-bond acceptors (Lipinski definition) is 5. The van der Waals surface area contributed by atoms with Crippen molar-refractivity contribution in [3.63, 3.8) is 0 Å². The zero-order valence-electron chi connectivity index (χ0n) is 15.3. The molecule has 0 radical (unpaired) electrons. The maximum atomic E-state index is 12.3. The van der Waals surface area contributed by atoms with E-state index in [0.717, 1.165) is 0 Å². The first-order valence-electron chi connectivity index (χ1n) is 8.83. The van der Waals surface area contributed by atoms with Gasteiger partial charge in [0, 0.05) is 17.7 Å². The third kappa shape index (κ3) is 4.19. The Balaban J connectivity index is 1.62. The largest absolute Gasteiger partial charge is 0.493 e. The lowest BCUT2D eigenvalue weighted by molar-refractivity contribution is 0.0945. The summed E-state index contributed by atoms with van der Waals surface area (Å²) in [6.07, 6.45) is 1.05. The predicted molar refractivity (Wildman–Crippen MR) is 99.7 cm³/mol. The van der Waals surface area contributed by atoms with Crippen molar-refractivity contribution < 1.29 is 19.1 Å².